The molecule has 1 heterocycles. The van der Waals surface area contributed by atoms with Crippen LogP contribution in [-0.4, -0.2) is 41.4 Å². The molecule has 132 valence electrons. The molecule has 2 fully saturated rings. The van der Waals surface area contributed by atoms with E-state index in [0.29, 0.717) is 9.71 Å². The Morgan fingerprint density at radius 1 is 1.16 bits per heavy atom. The van der Waals surface area contributed by atoms with Gasteiger partial charge in [-0.05, 0) is 60.7 Å². The van der Waals surface area contributed by atoms with Gasteiger partial charge >= 0.3 is 0 Å². The van der Waals surface area contributed by atoms with Crippen LogP contribution in [0.3, 0.4) is 0 Å². The highest BCUT2D eigenvalue weighted by atomic mass is 127. The number of likely N-dealkylation sites (tertiary alicyclic amines) is 1. The van der Waals surface area contributed by atoms with Crippen LogP contribution in [0.4, 0.5) is 0 Å². The topological polar surface area (TPSA) is 29.5 Å². The number of hydrogen-bond donors (Lipinski definition) is 0. The second-order valence-corrected chi connectivity index (χ2v) is 9.01. The maximum Gasteiger partial charge on any atom is 0.168 e. The first-order valence-corrected chi connectivity index (χ1v) is 10.4. The number of nitrogens with zero attached hydrogens (tertiary/aromatic N) is 1. The fraction of sp³-hybridized carbons (Fsp3) is 0.476. The molecule has 1 aliphatic heterocycles. The van der Waals surface area contributed by atoms with Crippen molar-refractivity contribution in [1.29, 1.82) is 0 Å². The molecule has 0 bridgehead atoms. The number of Topliss-reactive ketones (excluding diaryl/α,β-unsaturated/α-hetero) is 1. The van der Waals surface area contributed by atoms with Crippen molar-refractivity contribution in [3.63, 3.8) is 0 Å². The van der Waals surface area contributed by atoms with E-state index in [1.165, 1.54) is 19.4 Å². The molecule has 0 N–H and O–H groups in total. The molecule has 0 spiro atoms. The van der Waals surface area contributed by atoms with Gasteiger partial charge in [0.05, 0.1) is 7.11 Å². The minimum atomic E-state index is 0.115. The molecule has 1 saturated carbocycles. The van der Waals surface area contributed by atoms with Crippen molar-refractivity contribution in [3.05, 3.63) is 42.0 Å². The Kier molecular flexibility index (Phi) is 5.00. The first-order valence-electron chi connectivity index (χ1n) is 9.12. The molecule has 25 heavy (non-hydrogen) atoms. The highest BCUT2D eigenvalue weighted by Crippen LogP contribution is 2.34. The lowest BCUT2D eigenvalue weighted by Crippen LogP contribution is -2.45. The van der Waals surface area contributed by atoms with Crippen LogP contribution in [0, 0.1) is 11.8 Å². The summed E-state index contributed by atoms with van der Waals surface area (Å²) in [7, 11) is 1.68. The molecule has 1 saturated heterocycles. The third-order valence-corrected chi connectivity index (χ3v) is 6.99. The summed E-state index contributed by atoms with van der Waals surface area (Å²) in [5, 5.41) is 2.21. The van der Waals surface area contributed by atoms with Gasteiger partial charge in [0.15, 0.2) is 5.78 Å². The maximum absolute atomic E-state index is 13.2. The van der Waals surface area contributed by atoms with Gasteiger partial charge in [0, 0.05) is 28.5 Å². The van der Waals surface area contributed by atoms with E-state index in [1.54, 1.807) is 7.11 Å². The predicted molar refractivity (Wildman–Crippen MR) is 110 cm³/mol. The number of alkyl halides is 1. The number of benzene rings is 2. The van der Waals surface area contributed by atoms with Crippen LogP contribution in [0.5, 0.6) is 5.75 Å². The Hall–Kier alpha value is -1.14. The Balaban J connectivity index is 1.54. The van der Waals surface area contributed by atoms with Crippen molar-refractivity contribution < 1.29 is 9.53 Å². The van der Waals surface area contributed by atoms with Gasteiger partial charge in [0.2, 0.25) is 0 Å². The summed E-state index contributed by atoms with van der Waals surface area (Å²) in [6.07, 6.45) is 3.86. The summed E-state index contributed by atoms with van der Waals surface area (Å²) in [5.41, 5.74) is 0.845. The van der Waals surface area contributed by atoms with E-state index in [4.69, 9.17) is 4.74 Å². The Morgan fingerprint density at radius 2 is 1.92 bits per heavy atom. The molecule has 0 amide bonds. The molecule has 4 heteroatoms. The lowest BCUT2D eigenvalue weighted by molar-refractivity contribution is 0.0833. The van der Waals surface area contributed by atoms with Crippen molar-refractivity contribution in [2.75, 3.05) is 26.7 Å². The van der Waals surface area contributed by atoms with Crippen LogP contribution < -0.4 is 4.74 Å². The zero-order valence-electron chi connectivity index (χ0n) is 14.6. The van der Waals surface area contributed by atoms with Crippen molar-refractivity contribution in [1.82, 2.24) is 4.90 Å². The van der Waals surface area contributed by atoms with Crippen LogP contribution in [-0.2, 0) is 0 Å². The molecule has 2 unspecified atom stereocenters. The number of piperidine rings is 1. The van der Waals surface area contributed by atoms with Crippen molar-refractivity contribution in [2.24, 2.45) is 11.8 Å². The molecular formula is C21H24INO2. The average molecular weight is 449 g/mol. The van der Waals surface area contributed by atoms with Gasteiger partial charge in [0.25, 0.3) is 0 Å². The number of halogens is 1. The normalized spacial score (nSPS) is 24.4. The van der Waals surface area contributed by atoms with Crippen LogP contribution in [0.1, 0.15) is 29.6 Å². The second-order valence-electron chi connectivity index (χ2n) is 7.41. The number of carbonyl (C=O) groups is 1. The third-order valence-electron chi connectivity index (χ3n) is 5.49. The van der Waals surface area contributed by atoms with Crippen molar-refractivity contribution in [3.8, 4) is 5.75 Å². The quantitative estimate of drug-likeness (QED) is 0.381. The van der Waals surface area contributed by atoms with Gasteiger partial charge in [-0.1, -0.05) is 40.8 Å². The van der Waals surface area contributed by atoms with Crippen LogP contribution in [0.15, 0.2) is 36.4 Å². The first kappa shape index (κ1) is 17.3. The van der Waals surface area contributed by atoms with E-state index >= 15 is 0 Å². The van der Waals surface area contributed by atoms with E-state index in [9.17, 15) is 4.79 Å². The molecule has 2 atom stereocenters. The van der Waals surface area contributed by atoms with E-state index < -0.39 is 0 Å². The van der Waals surface area contributed by atoms with E-state index in [-0.39, 0.29) is 5.92 Å². The number of ether oxygens (including phenoxy) is 1. The summed E-state index contributed by atoms with van der Waals surface area (Å²) >= 11 is 2.48. The van der Waals surface area contributed by atoms with Gasteiger partial charge in [0.1, 0.15) is 5.75 Å². The van der Waals surface area contributed by atoms with Gasteiger partial charge in [-0.2, -0.15) is 0 Å². The largest absolute Gasteiger partial charge is 0.497 e. The number of rotatable bonds is 5. The van der Waals surface area contributed by atoms with Crippen molar-refractivity contribution >= 4 is 39.1 Å². The smallest absolute Gasteiger partial charge is 0.168 e. The van der Waals surface area contributed by atoms with E-state index in [0.717, 1.165) is 47.5 Å². The molecule has 4 rings (SSSR count). The van der Waals surface area contributed by atoms with Gasteiger partial charge < -0.3 is 9.64 Å². The molecule has 0 aromatic heterocycles. The number of ketones is 1. The van der Waals surface area contributed by atoms with Gasteiger partial charge in [-0.3, -0.25) is 4.79 Å². The van der Waals surface area contributed by atoms with Crippen LogP contribution in [0.2, 0.25) is 0 Å². The van der Waals surface area contributed by atoms with Crippen molar-refractivity contribution in [2.45, 2.75) is 23.2 Å². The third kappa shape index (κ3) is 3.85. The fourth-order valence-electron chi connectivity index (χ4n) is 3.79. The number of hydrogen-bond acceptors (Lipinski definition) is 3. The van der Waals surface area contributed by atoms with Gasteiger partial charge in [-0.25, -0.2) is 0 Å². The Bertz CT molecular complexity index is 787. The fourth-order valence-corrected chi connectivity index (χ4v) is 4.62. The van der Waals surface area contributed by atoms with Crippen LogP contribution in [0.25, 0.3) is 10.8 Å². The van der Waals surface area contributed by atoms with Crippen LogP contribution >= 0.6 is 22.6 Å². The Morgan fingerprint density at radius 3 is 2.68 bits per heavy atom. The summed E-state index contributed by atoms with van der Waals surface area (Å²) in [6, 6.07) is 12.1. The summed E-state index contributed by atoms with van der Waals surface area (Å²) < 4.78 is 5.72. The number of fused-ring (bicyclic) bond motifs is 1. The lowest BCUT2D eigenvalue weighted by atomic mass is 9.89. The maximum atomic E-state index is 13.2. The minimum Gasteiger partial charge on any atom is -0.497 e. The summed E-state index contributed by atoms with van der Waals surface area (Å²) in [6.45, 7) is 3.25. The molecule has 3 nitrogen and oxygen atoms in total. The SMILES string of the molecule is COc1ccc2cc(C(=O)C3CN(CC4CC4)CCC3I)ccc2c1. The molecule has 0 radical (unpaired) electrons. The standard InChI is InChI=1S/C21H24INO2/c1-25-18-7-6-15-10-17(5-4-16(15)11-18)21(24)19-13-23(9-8-20(19)22)12-14-2-3-14/h4-7,10-11,14,19-20H,2-3,8-9,12-13H2,1H3. The lowest BCUT2D eigenvalue weighted by Gasteiger charge is -2.35. The monoisotopic (exact) mass is 449 g/mol. The molecule has 1 aliphatic carbocycles. The molecule has 2 aliphatic rings. The summed E-state index contributed by atoms with van der Waals surface area (Å²) in [4.78, 5) is 15.7. The first-order chi connectivity index (χ1) is 12.1. The molecular weight excluding hydrogens is 425 g/mol. The predicted octanol–water partition coefficient (Wildman–Crippen LogP) is 4.57. The number of methoxy groups -OCH3 is 1. The molecule has 2 aromatic rings. The van der Waals surface area contributed by atoms with E-state index in [2.05, 4.69) is 27.5 Å². The highest BCUT2D eigenvalue weighted by molar-refractivity contribution is 14.1. The van der Waals surface area contributed by atoms with Gasteiger partial charge in [-0.15, -0.1) is 0 Å². The highest BCUT2D eigenvalue weighted by Gasteiger charge is 2.35. The number of carbonyl (C=O) groups excluding carboxylic acids is 1. The van der Waals surface area contributed by atoms with E-state index in [1.807, 2.05) is 36.4 Å². The molecule has 2 aromatic carbocycles. The zero-order valence-corrected chi connectivity index (χ0v) is 16.7. The Labute approximate surface area is 162 Å². The zero-order chi connectivity index (χ0) is 17.4. The average Bonchev–Trinajstić information content (AvgIpc) is 3.46. The minimum absolute atomic E-state index is 0.115. The summed E-state index contributed by atoms with van der Waals surface area (Å²) in [5.74, 6) is 2.15. The second kappa shape index (κ2) is 7.23.